The van der Waals surface area contributed by atoms with Crippen LogP contribution in [-0.4, -0.2) is 20.6 Å². The first-order valence-electron chi connectivity index (χ1n) is 7.62. The second-order valence-corrected chi connectivity index (χ2v) is 7.19. The van der Waals surface area contributed by atoms with Crippen LogP contribution in [0, 0.1) is 20.8 Å². The van der Waals surface area contributed by atoms with Crippen molar-refractivity contribution in [2.75, 3.05) is 0 Å². The minimum absolute atomic E-state index is 0.313. The maximum atomic E-state index is 12.9. The van der Waals surface area contributed by atoms with Gasteiger partial charge in [-0.15, -0.1) is 11.3 Å². The molecule has 1 N–H and O–H groups in total. The zero-order chi connectivity index (χ0) is 17.6. The van der Waals surface area contributed by atoms with Crippen molar-refractivity contribution in [3.8, 4) is 11.1 Å². The number of carboxylic acids is 1. The molecule has 0 radical (unpaired) electrons. The Morgan fingerprint density at radius 1 is 1.25 bits per heavy atom. The van der Waals surface area contributed by atoms with Crippen LogP contribution in [-0.2, 0) is 4.79 Å². The fraction of sp³-hybridized carbons (Fsp3) is 0.278. The Kier molecular flexibility index (Phi) is 4.01. The summed E-state index contributed by atoms with van der Waals surface area (Å²) >= 11 is 1.45. The number of aryl methyl sites for hydroxylation is 3. The summed E-state index contributed by atoms with van der Waals surface area (Å²) in [5.74, 6) is -1.06. The van der Waals surface area contributed by atoms with Crippen LogP contribution in [0.4, 0.5) is 0 Å². The Balaban J connectivity index is 2.34. The average molecular weight is 342 g/mol. The summed E-state index contributed by atoms with van der Waals surface area (Å²) in [7, 11) is 0. The summed E-state index contributed by atoms with van der Waals surface area (Å²) in [5, 5.41) is 9.70. The minimum Gasteiger partial charge on any atom is -0.480 e. The summed E-state index contributed by atoms with van der Waals surface area (Å²) in [6, 6.07) is 5.12. The number of benzene rings is 1. The van der Waals surface area contributed by atoms with Gasteiger partial charge in [-0.05, 0) is 44.4 Å². The van der Waals surface area contributed by atoms with E-state index in [4.69, 9.17) is 0 Å². The van der Waals surface area contributed by atoms with Gasteiger partial charge in [-0.2, -0.15) is 0 Å². The molecule has 3 rings (SSSR count). The first kappa shape index (κ1) is 16.4. The zero-order valence-electron chi connectivity index (χ0n) is 14.0. The molecule has 0 spiro atoms. The first-order valence-corrected chi connectivity index (χ1v) is 8.43. The molecule has 3 aromatic rings. The van der Waals surface area contributed by atoms with Crippen molar-refractivity contribution in [1.29, 1.82) is 0 Å². The normalized spacial score (nSPS) is 12.5. The van der Waals surface area contributed by atoms with E-state index < -0.39 is 12.0 Å². The number of nitrogens with zero attached hydrogens (tertiary/aromatic N) is 2. The Morgan fingerprint density at radius 2 is 1.96 bits per heavy atom. The largest absolute Gasteiger partial charge is 0.480 e. The number of aliphatic carboxylic acids is 1. The van der Waals surface area contributed by atoms with E-state index in [-0.39, 0.29) is 5.56 Å². The molecule has 0 fully saturated rings. The molecule has 24 heavy (non-hydrogen) atoms. The van der Waals surface area contributed by atoms with Crippen LogP contribution in [0.2, 0.25) is 0 Å². The average Bonchev–Trinajstić information content (AvgIpc) is 2.87. The lowest BCUT2D eigenvalue weighted by atomic mass is 9.99. The van der Waals surface area contributed by atoms with Crippen molar-refractivity contribution in [3.05, 3.63) is 50.9 Å². The van der Waals surface area contributed by atoms with E-state index in [2.05, 4.69) is 11.1 Å². The summed E-state index contributed by atoms with van der Waals surface area (Å²) in [5.41, 5.74) is 3.83. The third kappa shape index (κ3) is 2.53. The highest BCUT2D eigenvalue weighted by atomic mass is 32.1. The van der Waals surface area contributed by atoms with Crippen molar-refractivity contribution in [3.63, 3.8) is 0 Å². The fourth-order valence-corrected chi connectivity index (χ4v) is 3.76. The molecule has 0 bridgehead atoms. The maximum absolute atomic E-state index is 12.9. The van der Waals surface area contributed by atoms with E-state index in [1.807, 2.05) is 32.9 Å². The standard InChI is InChI=1S/C18H18N2O3S/c1-9-5-6-13(7-10(9)2)14-12(4)24-16-15(14)17(21)20(8-19-16)11(3)18(22)23/h5-8,11H,1-4H3,(H,22,23). The lowest BCUT2D eigenvalue weighted by Crippen LogP contribution is -2.28. The van der Waals surface area contributed by atoms with Gasteiger partial charge in [0.25, 0.3) is 5.56 Å². The van der Waals surface area contributed by atoms with Crippen molar-refractivity contribution in [1.82, 2.24) is 9.55 Å². The van der Waals surface area contributed by atoms with Gasteiger partial charge in [0.15, 0.2) is 0 Å². The van der Waals surface area contributed by atoms with Gasteiger partial charge in [0.2, 0.25) is 0 Å². The number of hydrogen-bond donors (Lipinski definition) is 1. The third-order valence-electron chi connectivity index (χ3n) is 4.38. The molecule has 0 amide bonds. The van der Waals surface area contributed by atoms with E-state index in [1.54, 1.807) is 0 Å². The van der Waals surface area contributed by atoms with Crippen LogP contribution in [0.15, 0.2) is 29.3 Å². The number of rotatable bonds is 3. The van der Waals surface area contributed by atoms with Gasteiger partial charge in [-0.1, -0.05) is 18.2 Å². The van der Waals surface area contributed by atoms with E-state index >= 15 is 0 Å². The summed E-state index contributed by atoms with van der Waals surface area (Å²) in [6.45, 7) is 7.51. The van der Waals surface area contributed by atoms with E-state index in [0.717, 1.165) is 21.6 Å². The van der Waals surface area contributed by atoms with Crippen LogP contribution in [0.3, 0.4) is 0 Å². The molecular weight excluding hydrogens is 324 g/mol. The molecule has 124 valence electrons. The molecule has 1 aromatic carbocycles. The lowest BCUT2D eigenvalue weighted by Gasteiger charge is -2.10. The summed E-state index contributed by atoms with van der Waals surface area (Å²) < 4.78 is 1.18. The smallest absolute Gasteiger partial charge is 0.326 e. The monoisotopic (exact) mass is 342 g/mol. The molecule has 0 aliphatic heterocycles. The quantitative estimate of drug-likeness (QED) is 0.788. The molecule has 0 saturated carbocycles. The molecule has 0 saturated heterocycles. The van der Waals surface area contributed by atoms with Gasteiger partial charge < -0.3 is 5.11 Å². The van der Waals surface area contributed by atoms with E-state index in [1.165, 1.54) is 34.7 Å². The number of aromatic nitrogens is 2. The predicted molar refractivity (Wildman–Crippen MR) is 95.9 cm³/mol. The molecule has 2 heterocycles. The molecule has 2 aromatic heterocycles. The summed E-state index contributed by atoms with van der Waals surface area (Å²) in [4.78, 5) is 30.1. The summed E-state index contributed by atoms with van der Waals surface area (Å²) in [6.07, 6.45) is 1.32. The van der Waals surface area contributed by atoms with E-state index in [9.17, 15) is 14.7 Å². The molecule has 0 aliphatic rings. The number of thiophene rings is 1. The fourth-order valence-electron chi connectivity index (χ4n) is 2.75. The molecule has 1 unspecified atom stereocenters. The van der Waals surface area contributed by atoms with Crippen LogP contribution in [0.25, 0.3) is 21.3 Å². The van der Waals surface area contributed by atoms with Crippen LogP contribution >= 0.6 is 11.3 Å². The van der Waals surface area contributed by atoms with Crippen molar-refractivity contribution < 1.29 is 9.90 Å². The highest BCUT2D eigenvalue weighted by Crippen LogP contribution is 2.36. The number of hydrogen-bond acceptors (Lipinski definition) is 4. The van der Waals surface area contributed by atoms with Crippen molar-refractivity contribution in [2.24, 2.45) is 0 Å². The van der Waals surface area contributed by atoms with Gasteiger partial charge in [0.1, 0.15) is 10.9 Å². The second-order valence-electron chi connectivity index (χ2n) is 5.98. The van der Waals surface area contributed by atoms with Gasteiger partial charge in [0, 0.05) is 10.4 Å². The highest BCUT2D eigenvalue weighted by Gasteiger charge is 2.21. The zero-order valence-corrected chi connectivity index (χ0v) is 14.8. The molecule has 5 nitrogen and oxygen atoms in total. The van der Waals surface area contributed by atoms with Crippen LogP contribution in [0.1, 0.15) is 29.0 Å². The number of carbonyl (C=O) groups is 1. The van der Waals surface area contributed by atoms with Crippen molar-refractivity contribution in [2.45, 2.75) is 33.7 Å². The maximum Gasteiger partial charge on any atom is 0.326 e. The van der Waals surface area contributed by atoms with Gasteiger partial charge >= 0.3 is 5.97 Å². The Hall–Kier alpha value is -2.47. The topological polar surface area (TPSA) is 72.2 Å². The van der Waals surface area contributed by atoms with Gasteiger partial charge in [-0.25, -0.2) is 9.78 Å². The Morgan fingerprint density at radius 3 is 2.58 bits per heavy atom. The SMILES string of the molecule is Cc1ccc(-c2c(C)sc3ncn(C(C)C(=O)O)c(=O)c23)cc1C. The van der Waals surface area contributed by atoms with Crippen LogP contribution < -0.4 is 5.56 Å². The number of fused-ring (bicyclic) bond motifs is 1. The third-order valence-corrected chi connectivity index (χ3v) is 5.40. The van der Waals surface area contributed by atoms with E-state index in [0.29, 0.717) is 10.2 Å². The van der Waals surface area contributed by atoms with Gasteiger partial charge in [0.05, 0.1) is 11.7 Å². The molecule has 0 aliphatic carbocycles. The minimum atomic E-state index is -1.06. The number of carboxylic acid groups (broad SMARTS) is 1. The van der Waals surface area contributed by atoms with Gasteiger partial charge in [-0.3, -0.25) is 9.36 Å². The predicted octanol–water partition coefficient (Wildman–Crippen LogP) is 3.70. The van der Waals surface area contributed by atoms with Crippen molar-refractivity contribution >= 4 is 27.5 Å². The molecule has 1 atom stereocenters. The Labute approximate surface area is 143 Å². The van der Waals surface area contributed by atoms with Crippen LogP contribution in [0.5, 0.6) is 0 Å². The molecule has 6 heteroatoms. The molecular formula is C18H18N2O3S. The lowest BCUT2D eigenvalue weighted by molar-refractivity contribution is -0.140. The second kappa shape index (κ2) is 5.87. The highest BCUT2D eigenvalue weighted by molar-refractivity contribution is 7.19. The first-order chi connectivity index (χ1) is 11.3. The Bertz CT molecular complexity index is 1020.